The predicted octanol–water partition coefficient (Wildman–Crippen LogP) is 1.62. The van der Waals surface area contributed by atoms with Crippen LogP contribution in [0.4, 0.5) is 5.69 Å². The smallest absolute Gasteiger partial charge is 0.0642 e. The Kier molecular flexibility index (Phi) is 3.69. The number of nitrogens with two attached hydrogens (primary N) is 1. The second-order valence-electron chi connectivity index (χ2n) is 4.27. The predicted molar refractivity (Wildman–Crippen MR) is 66.7 cm³/mol. The first-order chi connectivity index (χ1) is 7.74. The summed E-state index contributed by atoms with van der Waals surface area (Å²) >= 11 is 6.22. The SMILES string of the molecule is NCc1ccc(N2CCC(CO)C2)c(Cl)c1. The molecule has 0 aromatic heterocycles. The first-order valence-electron chi connectivity index (χ1n) is 5.59. The molecule has 1 aliphatic rings. The van der Waals surface area contributed by atoms with Gasteiger partial charge in [-0.3, -0.25) is 0 Å². The summed E-state index contributed by atoms with van der Waals surface area (Å²) in [5.74, 6) is 0.380. The average Bonchev–Trinajstić information content (AvgIpc) is 2.77. The van der Waals surface area contributed by atoms with Crippen LogP contribution in [0.25, 0.3) is 0 Å². The number of benzene rings is 1. The highest BCUT2D eigenvalue weighted by Gasteiger charge is 2.23. The van der Waals surface area contributed by atoms with Gasteiger partial charge in [-0.25, -0.2) is 0 Å². The number of anilines is 1. The van der Waals surface area contributed by atoms with Gasteiger partial charge in [0.1, 0.15) is 0 Å². The van der Waals surface area contributed by atoms with Crippen molar-refractivity contribution in [1.82, 2.24) is 0 Å². The van der Waals surface area contributed by atoms with Gasteiger partial charge in [0.2, 0.25) is 0 Å². The van der Waals surface area contributed by atoms with Crippen LogP contribution in [-0.2, 0) is 6.54 Å². The second-order valence-corrected chi connectivity index (χ2v) is 4.68. The van der Waals surface area contributed by atoms with E-state index in [1.807, 2.05) is 18.2 Å². The van der Waals surface area contributed by atoms with E-state index in [0.717, 1.165) is 35.8 Å². The van der Waals surface area contributed by atoms with Gasteiger partial charge in [0, 0.05) is 32.2 Å². The van der Waals surface area contributed by atoms with Gasteiger partial charge in [0.25, 0.3) is 0 Å². The summed E-state index contributed by atoms with van der Waals surface area (Å²) in [6, 6.07) is 5.95. The molecule has 1 aliphatic heterocycles. The summed E-state index contributed by atoms with van der Waals surface area (Å²) in [6.45, 7) is 2.62. The molecule has 1 aromatic carbocycles. The molecule has 3 N–H and O–H groups in total. The average molecular weight is 241 g/mol. The second kappa shape index (κ2) is 5.04. The molecular weight excluding hydrogens is 224 g/mol. The molecule has 2 rings (SSSR count). The number of hydrogen-bond donors (Lipinski definition) is 2. The Balaban J connectivity index is 2.15. The summed E-state index contributed by atoms with van der Waals surface area (Å²) in [7, 11) is 0. The van der Waals surface area contributed by atoms with E-state index >= 15 is 0 Å². The fourth-order valence-electron chi connectivity index (χ4n) is 2.13. The number of aliphatic hydroxyl groups is 1. The summed E-state index contributed by atoms with van der Waals surface area (Å²) in [6.07, 6.45) is 1.03. The van der Waals surface area contributed by atoms with E-state index in [1.165, 1.54) is 0 Å². The van der Waals surface area contributed by atoms with Crippen molar-refractivity contribution in [1.29, 1.82) is 0 Å². The molecule has 0 saturated carbocycles. The van der Waals surface area contributed by atoms with E-state index in [2.05, 4.69) is 4.90 Å². The fourth-order valence-corrected chi connectivity index (χ4v) is 2.46. The van der Waals surface area contributed by atoms with Crippen molar-refractivity contribution in [3.8, 4) is 0 Å². The summed E-state index contributed by atoms with van der Waals surface area (Å²) in [5, 5.41) is 9.86. The molecule has 1 heterocycles. The molecule has 3 nitrogen and oxygen atoms in total. The Morgan fingerprint density at radius 1 is 1.50 bits per heavy atom. The molecule has 0 amide bonds. The Morgan fingerprint density at radius 2 is 2.31 bits per heavy atom. The van der Waals surface area contributed by atoms with Crippen LogP contribution in [0, 0.1) is 5.92 Å². The van der Waals surface area contributed by atoms with Crippen molar-refractivity contribution in [3.05, 3.63) is 28.8 Å². The minimum atomic E-state index is 0.259. The molecular formula is C12H17ClN2O. The summed E-state index contributed by atoms with van der Waals surface area (Å²) in [4.78, 5) is 2.23. The van der Waals surface area contributed by atoms with Crippen molar-refractivity contribution in [3.63, 3.8) is 0 Å². The van der Waals surface area contributed by atoms with Gasteiger partial charge in [-0.05, 0) is 24.1 Å². The molecule has 4 heteroatoms. The lowest BCUT2D eigenvalue weighted by molar-refractivity contribution is 0.238. The third-order valence-electron chi connectivity index (χ3n) is 3.13. The summed E-state index contributed by atoms with van der Waals surface area (Å²) < 4.78 is 0. The van der Waals surface area contributed by atoms with Gasteiger partial charge in [-0.15, -0.1) is 0 Å². The topological polar surface area (TPSA) is 49.5 Å². The first kappa shape index (κ1) is 11.7. The van der Waals surface area contributed by atoms with E-state index in [-0.39, 0.29) is 6.61 Å². The molecule has 0 aliphatic carbocycles. The molecule has 1 atom stereocenters. The highest BCUT2D eigenvalue weighted by atomic mass is 35.5. The molecule has 1 fully saturated rings. The van der Waals surface area contributed by atoms with E-state index in [4.69, 9.17) is 22.4 Å². The molecule has 16 heavy (non-hydrogen) atoms. The maximum atomic E-state index is 9.11. The fraction of sp³-hybridized carbons (Fsp3) is 0.500. The van der Waals surface area contributed by atoms with Crippen LogP contribution in [0.5, 0.6) is 0 Å². The number of rotatable bonds is 3. The first-order valence-corrected chi connectivity index (χ1v) is 5.96. The molecule has 1 saturated heterocycles. The van der Waals surface area contributed by atoms with E-state index in [9.17, 15) is 0 Å². The Morgan fingerprint density at radius 3 is 2.88 bits per heavy atom. The normalized spacial score (nSPS) is 20.4. The van der Waals surface area contributed by atoms with Gasteiger partial charge < -0.3 is 15.7 Å². The van der Waals surface area contributed by atoms with E-state index in [1.54, 1.807) is 0 Å². The van der Waals surface area contributed by atoms with Crippen molar-refractivity contribution in [2.24, 2.45) is 11.7 Å². The lowest BCUT2D eigenvalue weighted by Crippen LogP contribution is -2.21. The zero-order valence-corrected chi connectivity index (χ0v) is 9.95. The third kappa shape index (κ3) is 2.32. The number of halogens is 1. The number of nitrogens with zero attached hydrogens (tertiary/aromatic N) is 1. The van der Waals surface area contributed by atoms with Gasteiger partial charge in [-0.1, -0.05) is 17.7 Å². The van der Waals surface area contributed by atoms with E-state index < -0.39 is 0 Å². The van der Waals surface area contributed by atoms with Crippen LogP contribution >= 0.6 is 11.6 Å². The van der Waals surface area contributed by atoms with Gasteiger partial charge >= 0.3 is 0 Å². The van der Waals surface area contributed by atoms with Crippen LogP contribution in [0.1, 0.15) is 12.0 Å². The largest absolute Gasteiger partial charge is 0.396 e. The van der Waals surface area contributed by atoms with Crippen LogP contribution in [0.3, 0.4) is 0 Å². The monoisotopic (exact) mass is 240 g/mol. The maximum absolute atomic E-state index is 9.11. The molecule has 0 bridgehead atoms. The standard InChI is InChI=1S/C12H17ClN2O/c13-11-5-9(6-14)1-2-12(11)15-4-3-10(7-15)8-16/h1-2,5,10,16H,3-4,6-8,14H2. The van der Waals surface area contributed by atoms with Crippen molar-refractivity contribution >= 4 is 17.3 Å². The Bertz CT molecular complexity index is 370. The molecule has 0 spiro atoms. The zero-order valence-electron chi connectivity index (χ0n) is 9.19. The Labute approximate surface area is 101 Å². The highest BCUT2D eigenvalue weighted by Crippen LogP contribution is 2.30. The lowest BCUT2D eigenvalue weighted by atomic mass is 10.1. The van der Waals surface area contributed by atoms with Crippen LogP contribution in [0.15, 0.2) is 18.2 Å². The summed E-state index contributed by atoms with van der Waals surface area (Å²) in [5.41, 5.74) is 7.66. The molecule has 0 radical (unpaired) electrons. The van der Waals surface area contributed by atoms with E-state index in [0.29, 0.717) is 12.5 Å². The minimum Gasteiger partial charge on any atom is -0.396 e. The molecule has 88 valence electrons. The molecule has 1 unspecified atom stereocenters. The van der Waals surface area contributed by atoms with Crippen LogP contribution < -0.4 is 10.6 Å². The van der Waals surface area contributed by atoms with Crippen LogP contribution in [0.2, 0.25) is 5.02 Å². The van der Waals surface area contributed by atoms with Crippen molar-refractivity contribution in [2.75, 3.05) is 24.6 Å². The van der Waals surface area contributed by atoms with Crippen molar-refractivity contribution < 1.29 is 5.11 Å². The number of hydrogen-bond acceptors (Lipinski definition) is 3. The van der Waals surface area contributed by atoms with Crippen molar-refractivity contribution in [2.45, 2.75) is 13.0 Å². The minimum absolute atomic E-state index is 0.259. The van der Waals surface area contributed by atoms with Crippen LogP contribution in [-0.4, -0.2) is 24.8 Å². The zero-order chi connectivity index (χ0) is 11.5. The van der Waals surface area contributed by atoms with Gasteiger partial charge in [-0.2, -0.15) is 0 Å². The molecule has 1 aromatic rings. The Hall–Kier alpha value is -0.770. The third-order valence-corrected chi connectivity index (χ3v) is 3.44. The van der Waals surface area contributed by atoms with Gasteiger partial charge in [0.05, 0.1) is 10.7 Å². The lowest BCUT2D eigenvalue weighted by Gasteiger charge is -2.20. The number of aliphatic hydroxyl groups excluding tert-OH is 1. The highest BCUT2D eigenvalue weighted by molar-refractivity contribution is 6.33. The van der Waals surface area contributed by atoms with Gasteiger partial charge in [0.15, 0.2) is 0 Å². The maximum Gasteiger partial charge on any atom is 0.0642 e. The quantitative estimate of drug-likeness (QED) is 0.844.